The van der Waals surface area contributed by atoms with Crippen LogP contribution >= 0.6 is 0 Å². The van der Waals surface area contributed by atoms with Crippen LogP contribution in [-0.4, -0.2) is 60.9 Å². The number of ether oxygens (including phenoxy) is 1. The molecule has 2 rings (SSSR count). The molecule has 3 N–H and O–H groups in total. The van der Waals surface area contributed by atoms with Gasteiger partial charge in [-0.1, -0.05) is 0 Å². The van der Waals surface area contributed by atoms with Crippen LogP contribution in [-0.2, 0) is 6.42 Å². The Kier molecular flexibility index (Phi) is 4.81. The number of piperazine rings is 1. The number of methoxy groups -OCH3 is 1. The average molecular weight is 280 g/mol. The van der Waals surface area contributed by atoms with E-state index < -0.39 is 5.97 Å². The number of nitrogens with zero attached hydrogens (tertiary/aromatic N) is 1. The fourth-order valence-electron chi connectivity index (χ4n) is 2.36. The molecule has 0 aromatic heterocycles. The molecule has 110 valence electrons. The summed E-state index contributed by atoms with van der Waals surface area (Å²) in [7, 11) is 1.39. The second kappa shape index (κ2) is 6.58. The van der Waals surface area contributed by atoms with Gasteiger partial charge in [0.25, 0.3) is 0 Å². The third kappa shape index (κ3) is 3.40. The number of rotatable bonds is 5. The minimum atomic E-state index is -1.05. The van der Waals surface area contributed by atoms with Gasteiger partial charge in [0.2, 0.25) is 0 Å². The van der Waals surface area contributed by atoms with Crippen molar-refractivity contribution in [1.29, 1.82) is 0 Å². The summed E-state index contributed by atoms with van der Waals surface area (Å²) < 4.78 is 4.98. The number of phenolic OH excluding ortho intramolecular Hbond substituents is 1. The van der Waals surface area contributed by atoms with Crippen molar-refractivity contribution in [2.45, 2.75) is 6.42 Å². The van der Waals surface area contributed by atoms with Crippen LogP contribution in [0.4, 0.5) is 0 Å². The summed E-state index contributed by atoms with van der Waals surface area (Å²) in [6.45, 7) is 4.69. The predicted molar refractivity (Wildman–Crippen MR) is 74.6 cm³/mol. The zero-order valence-electron chi connectivity index (χ0n) is 11.6. The first-order chi connectivity index (χ1) is 9.61. The average Bonchev–Trinajstić information content (AvgIpc) is 2.46. The van der Waals surface area contributed by atoms with Crippen LogP contribution in [0.15, 0.2) is 12.1 Å². The topological polar surface area (TPSA) is 82.0 Å². The van der Waals surface area contributed by atoms with Gasteiger partial charge < -0.3 is 25.2 Å². The second-order valence-corrected chi connectivity index (χ2v) is 4.83. The molecule has 1 aromatic carbocycles. The lowest BCUT2D eigenvalue weighted by Crippen LogP contribution is -2.44. The standard InChI is InChI=1S/C14H20N2O4/c1-20-13-9-12(17)10(8-11(13)14(18)19)2-5-16-6-3-15-4-7-16/h8-9,15,17H,2-7H2,1H3,(H,18,19). The lowest BCUT2D eigenvalue weighted by molar-refractivity contribution is 0.0693. The van der Waals surface area contributed by atoms with Gasteiger partial charge in [0.15, 0.2) is 0 Å². The fourth-order valence-corrected chi connectivity index (χ4v) is 2.36. The fraction of sp³-hybridized carbons (Fsp3) is 0.500. The molecule has 1 aliphatic rings. The Balaban J connectivity index is 2.10. The van der Waals surface area contributed by atoms with E-state index >= 15 is 0 Å². The molecule has 6 heteroatoms. The van der Waals surface area contributed by atoms with Crippen molar-refractivity contribution in [3.63, 3.8) is 0 Å². The molecule has 1 heterocycles. The molecule has 1 aliphatic heterocycles. The summed E-state index contributed by atoms with van der Waals surface area (Å²) in [6.07, 6.45) is 0.621. The van der Waals surface area contributed by atoms with E-state index in [1.807, 2.05) is 0 Å². The maximum atomic E-state index is 11.2. The van der Waals surface area contributed by atoms with Crippen molar-refractivity contribution < 1.29 is 19.7 Å². The predicted octanol–water partition coefficient (Wildman–Crippen LogP) is 0.547. The Morgan fingerprint density at radius 2 is 2.10 bits per heavy atom. The van der Waals surface area contributed by atoms with E-state index in [4.69, 9.17) is 9.84 Å². The molecule has 1 fully saturated rings. The van der Waals surface area contributed by atoms with E-state index in [-0.39, 0.29) is 17.1 Å². The van der Waals surface area contributed by atoms with Crippen LogP contribution in [0.5, 0.6) is 11.5 Å². The van der Waals surface area contributed by atoms with Gasteiger partial charge in [0.05, 0.1) is 7.11 Å². The molecule has 1 saturated heterocycles. The minimum Gasteiger partial charge on any atom is -0.508 e. The van der Waals surface area contributed by atoms with Crippen LogP contribution < -0.4 is 10.1 Å². The van der Waals surface area contributed by atoms with Crippen LogP contribution in [0.1, 0.15) is 15.9 Å². The molecule has 6 nitrogen and oxygen atoms in total. The van der Waals surface area contributed by atoms with E-state index in [2.05, 4.69) is 10.2 Å². The Morgan fingerprint density at radius 1 is 1.40 bits per heavy atom. The quantitative estimate of drug-likeness (QED) is 0.730. The van der Waals surface area contributed by atoms with Gasteiger partial charge in [-0.25, -0.2) is 4.79 Å². The van der Waals surface area contributed by atoms with Crippen LogP contribution in [0.3, 0.4) is 0 Å². The van der Waals surface area contributed by atoms with Gasteiger partial charge in [0.1, 0.15) is 17.1 Å². The van der Waals surface area contributed by atoms with Crippen LogP contribution in [0.25, 0.3) is 0 Å². The molecule has 0 amide bonds. The number of carboxylic acid groups (broad SMARTS) is 1. The summed E-state index contributed by atoms with van der Waals surface area (Å²) in [6, 6.07) is 2.87. The van der Waals surface area contributed by atoms with Crippen molar-refractivity contribution in [3.8, 4) is 11.5 Å². The van der Waals surface area contributed by atoms with Crippen LogP contribution in [0.2, 0.25) is 0 Å². The number of benzene rings is 1. The Labute approximate surface area is 118 Å². The molecule has 0 aliphatic carbocycles. The van der Waals surface area contributed by atoms with Gasteiger partial charge in [-0.2, -0.15) is 0 Å². The molecule has 20 heavy (non-hydrogen) atoms. The first kappa shape index (κ1) is 14.6. The lowest BCUT2D eigenvalue weighted by atomic mass is 10.0. The van der Waals surface area contributed by atoms with E-state index in [1.165, 1.54) is 19.2 Å². The van der Waals surface area contributed by atoms with Crippen molar-refractivity contribution in [2.75, 3.05) is 39.8 Å². The van der Waals surface area contributed by atoms with Gasteiger partial charge >= 0.3 is 5.97 Å². The zero-order valence-corrected chi connectivity index (χ0v) is 11.6. The SMILES string of the molecule is COc1cc(O)c(CCN2CCNCC2)cc1C(=O)O. The Hall–Kier alpha value is -1.79. The normalized spacial score (nSPS) is 16.1. The monoisotopic (exact) mass is 280 g/mol. The number of nitrogens with one attached hydrogen (secondary N) is 1. The first-order valence-electron chi connectivity index (χ1n) is 6.68. The highest BCUT2D eigenvalue weighted by atomic mass is 16.5. The maximum Gasteiger partial charge on any atom is 0.339 e. The summed E-state index contributed by atoms with van der Waals surface area (Å²) in [5.41, 5.74) is 0.724. The highest BCUT2D eigenvalue weighted by Gasteiger charge is 2.16. The number of carbonyl (C=O) groups is 1. The lowest BCUT2D eigenvalue weighted by Gasteiger charge is -2.27. The summed E-state index contributed by atoms with van der Waals surface area (Å²) in [5, 5.41) is 22.4. The molecule has 0 unspecified atom stereocenters. The minimum absolute atomic E-state index is 0.0839. The Bertz CT molecular complexity index is 484. The smallest absolute Gasteiger partial charge is 0.339 e. The number of carboxylic acids is 1. The highest BCUT2D eigenvalue weighted by molar-refractivity contribution is 5.91. The maximum absolute atomic E-state index is 11.2. The van der Waals surface area contributed by atoms with Gasteiger partial charge in [0, 0.05) is 38.8 Å². The molecule has 0 spiro atoms. The van der Waals surface area contributed by atoms with E-state index in [1.54, 1.807) is 0 Å². The summed E-state index contributed by atoms with van der Waals surface area (Å²) in [4.78, 5) is 13.5. The third-order valence-electron chi connectivity index (χ3n) is 3.54. The van der Waals surface area contributed by atoms with Crippen molar-refractivity contribution in [1.82, 2.24) is 10.2 Å². The third-order valence-corrected chi connectivity index (χ3v) is 3.54. The number of hydrogen-bond donors (Lipinski definition) is 3. The molecular weight excluding hydrogens is 260 g/mol. The summed E-state index contributed by atoms with van der Waals surface area (Å²) in [5.74, 6) is -0.784. The molecule has 0 bridgehead atoms. The molecular formula is C14H20N2O4. The van der Waals surface area contributed by atoms with Crippen LogP contribution in [0, 0.1) is 0 Å². The van der Waals surface area contributed by atoms with Crippen molar-refractivity contribution in [3.05, 3.63) is 23.3 Å². The number of aromatic hydroxyl groups is 1. The number of aromatic carboxylic acids is 1. The number of hydrogen-bond acceptors (Lipinski definition) is 5. The zero-order chi connectivity index (χ0) is 14.5. The molecule has 1 aromatic rings. The molecule has 0 saturated carbocycles. The van der Waals surface area contributed by atoms with Gasteiger partial charge in [-0.3, -0.25) is 0 Å². The first-order valence-corrected chi connectivity index (χ1v) is 6.68. The molecule has 0 radical (unpaired) electrons. The van der Waals surface area contributed by atoms with E-state index in [9.17, 15) is 9.90 Å². The highest BCUT2D eigenvalue weighted by Crippen LogP contribution is 2.28. The molecule has 0 atom stereocenters. The largest absolute Gasteiger partial charge is 0.508 e. The second-order valence-electron chi connectivity index (χ2n) is 4.83. The van der Waals surface area contributed by atoms with Crippen molar-refractivity contribution >= 4 is 5.97 Å². The Morgan fingerprint density at radius 3 is 2.70 bits per heavy atom. The van der Waals surface area contributed by atoms with E-state index in [0.29, 0.717) is 12.0 Å². The van der Waals surface area contributed by atoms with Gasteiger partial charge in [-0.15, -0.1) is 0 Å². The number of phenols is 1. The van der Waals surface area contributed by atoms with Crippen molar-refractivity contribution in [2.24, 2.45) is 0 Å². The van der Waals surface area contributed by atoms with Gasteiger partial charge in [-0.05, 0) is 18.1 Å². The summed E-state index contributed by atoms with van der Waals surface area (Å²) >= 11 is 0. The van der Waals surface area contributed by atoms with E-state index in [0.717, 1.165) is 32.7 Å².